The monoisotopic (exact) mass is 486 g/mol. The van der Waals surface area contributed by atoms with E-state index in [0.717, 1.165) is 43.1 Å². The maximum atomic E-state index is 12.8. The van der Waals surface area contributed by atoms with Crippen LogP contribution in [0.25, 0.3) is 0 Å². The number of carbonyl (C=O) groups is 1. The molecule has 1 fully saturated rings. The van der Waals surface area contributed by atoms with E-state index in [0.29, 0.717) is 30.6 Å². The normalized spacial score (nSPS) is 18.7. The predicted octanol–water partition coefficient (Wildman–Crippen LogP) is 2.94. The summed E-state index contributed by atoms with van der Waals surface area (Å²) in [5.41, 5.74) is 8.40. The number of benzene rings is 1. The molecule has 4 rings (SSSR count). The predicted molar refractivity (Wildman–Crippen MR) is 130 cm³/mol. The van der Waals surface area contributed by atoms with Gasteiger partial charge in [0.05, 0.1) is 6.04 Å². The number of fused-ring (bicyclic) bond motifs is 1. The number of hydrogen-bond donors (Lipinski definition) is 2. The van der Waals surface area contributed by atoms with Crippen molar-refractivity contribution in [3.8, 4) is 0 Å². The molecule has 31 heavy (non-hydrogen) atoms. The molecule has 2 aromatic rings. The molecule has 0 spiro atoms. The summed E-state index contributed by atoms with van der Waals surface area (Å²) in [4.78, 5) is 25.9. The fourth-order valence-corrected chi connectivity index (χ4v) is 4.16. The second-order valence-electron chi connectivity index (χ2n) is 7.86. The van der Waals surface area contributed by atoms with E-state index >= 15 is 0 Å². The Bertz CT molecular complexity index is 874. The minimum atomic E-state index is -0.541. The van der Waals surface area contributed by atoms with Crippen molar-refractivity contribution < 1.29 is 4.79 Å². The van der Waals surface area contributed by atoms with E-state index in [4.69, 9.17) is 17.3 Å². The Balaban J connectivity index is 0.00000171. The Morgan fingerprint density at radius 2 is 1.87 bits per heavy atom. The summed E-state index contributed by atoms with van der Waals surface area (Å²) in [5.74, 6) is 1.93. The zero-order chi connectivity index (χ0) is 20.4. The summed E-state index contributed by atoms with van der Waals surface area (Å²) < 4.78 is 0. The molecule has 2 atom stereocenters. The molecule has 170 valence electrons. The summed E-state index contributed by atoms with van der Waals surface area (Å²) in [6, 6.07) is 7.37. The average molecular weight is 488 g/mol. The second kappa shape index (κ2) is 11.2. The maximum Gasteiger partial charge on any atom is 0.239 e. The highest BCUT2D eigenvalue weighted by Crippen LogP contribution is 2.30. The lowest BCUT2D eigenvalue weighted by Gasteiger charge is -2.38. The Morgan fingerprint density at radius 1 is 1.19 bits per heavy atom. The molecule has 2 aliphatic rings. The van der Waals surface area contributed by atoms with E-state index in [1.54, 1.807) is 6.33 Å². The molecule has 0 bridgehead atoms. The number of anilines is 2. The van der Waals surface area contributed by atoms with Gasteiger partial charge in [0.2, 0.25) is 5.91 Å². The quantitative estimate of drug-likeness (QED) is 0.689. The van der Waals surface area contributed by atoms with Gasteiger partial charge in [-0.3, -0.25) is 4.79 Å². The molecule has 1 amide bonds. The highest BCUT2D eigenvalue weighted by Gasteiger charge is 2.28. The van der Waals surface area contributed by atoms with E-state index < -0.39 is 6.04 Å². The average Bonchev–Trinajstić information content (AvgIpc) is 2.74. The van der Waals surface area contributed by atoms with E-state index in [-0.39, 0.29) is 30.7 Å². The van der Waals surface area contributed by atoms with Crippen molar-refractivity contribution in [1.82, 2.24) is 14.9 Å². The number of hydrogen-bond acceptors (Lipinski definition) is 6. The number of nitrogens with zero attached hydrogens (tertiary/aromatic N) is 4. The Morgan fingerprint density at radius 3 is 2.55 bits per heavy atom. The van der Waals surface area contributed by atoms with Gasteiger partial charge in [-0.15, -0.1) is 24.8 Å². The minimum Gasteiger partial charge on any atom is -0.367 e. The molecule has 3 heterocycles. The zero-order valence-electron chi connectivity index (χ0n) is 17.5. The van der Waals surface area contributed by atoms with Crippen LogP contribution in [0.3, 0.4) is 0 Å². The summed E-state index contributed by atoms with van der Waals surface area (Å²) in [7, 11) is 0. The van der Waals surface area contributed by atoms with Crippen LogP contribution in [0.1, 0.15) is 24.5 Å². The third-order valence-electron chi connectivity index (χ3n) is 5.71. The van der Waals surface area contributed by atoms with Crippen molar-refractivity contribution in [2.45, 2.75) is 38.3 Å². The summed E-state index contributed by atoms with van der Waals surface area (Å²) in [6.45, 7) is 4.96. The minimum absolute atomic E-state index is 0. The van der Waals surface area contributed by atoms with Crippen LogP contribution < -0.4 is 16.0 Å². The first-order valence-corrected chi connectivity index (χ1v) is 10.5. The molecule has 10 heteroatoms. The van der Waals surface area contributed by atoms with Crippen LogP contribution in [0.2, 0.25) is 5.02 Å². The summed E-state index contributed by atoms with van der Waals surface area (Å²) in [6.07, 6.45) is 4.19. The first kappa shape index (κ1) is 25.5. The van der Waals surface area contributed by atoms with E-state index in [9.17, 15) is 4.79 Å². The zero-order valence-corrected chi connectivity index (χ0v) is 19.8. The summed E-state index contributed by atoms with van der Waals surface area (Å²) >= 11 is 5.92. The van der Waals surface area contributed by atoms with Crippen molar-refractivity contribution >= 4 is 54.0 Å². The van der Waals surface area contributed by atoms with E-state index in [1.165, 1.54) is 5.56 Å². The fraction of sp³-hybridized carbons (Fsp3) is 0.476. The van der Waals surface area contributed by atoms with Crippen LogP contribution in [-0.2, 0) is 17.6 Å². The van der Waals surface area contributed by atoms with Crippen molar-refractivity contribution in [2.75, 3.05) is 36.4 Å². The van der Waals surface area contributed by atoms with Crippen molar-refractivity contribution in [3.63, 3.8) is 0 Å². The molecule has 0 saturated carbocycles. The summed E-state index contributed by atoms with van der Waals surface area (Å²) in [5, 5.41) is 4.12. The number of nitrogens with one attached hydrogen (secondary N) is 1. The van der Waals surface area contributed by atoms with Crippen LogP contribution in [0.5, 0.6) is 0 Å². The van der Waals surface area contributed by atoms with Crippen LogP contribution in [-0.4, -0.2) is 59.0 Å². The van der Waals surface area contributed by atoms with Crippen LogP contribution in [0, 0.1) is 0 Å². The molecule has 3 N–H and O–H groups in total. The number of carbonyl (C=O) groups excluding carboxylic acids is 1. The second-order valence-corrected chi connectivity index (χ2v) is 8.29. The molecular formula is C21H29Cl3N6O. The molecule has 1 aromatic carbocycles. The Labute approximate surface area is 200 Å². The maximum absolute atomic E-state index is 12.8. The topological polar surface area (TPSA) is 87.4 Å². The standard InChI is InChI=1S/C21H27ClN6O.2ClH/c1-14-2-7-17-19(26-14)24-13-25-20(17)27-8-10-28(11-9-27)21(29)18(23)12-15-3-5-16(22)6-4-15;;/h3-6,13-14,18H,2,7-12,23H2,1H3,(H,24,25,26);2*1H/t14-,18+;;/m0../s1. The fourth-order valence-electron chi connectivity index (χ4n) is 4.03. The van der Waals surface area contributed by atoms with Gasteiger partial charge in [-0.05, 0) is 43.9 Å². The molecule has 7 nitrogen and oxygen atoms in total. The number of aromatic nitrogens is 2. The van der Waals surface area contributed by atoms with Gasteiger partial charge in [0.25, 0.3) is 0 Å². The number of amides is 1. The SMILES string of the molecule is C[C@H]1CCc2c(ncnc2N2CCN(C(=O)[C@H](N)Cc3ccc(Cl)cc3)CC2)N1.Cl.Cl. The first-order chi connectivity index (χ1) is 14.0. The first-order valence-electron chi connectivity index (χ1n) is 10.2. The molecule has 1 aromatic heterocycles. The van der Waals surface area contributed by atoms with Crippen LogP contribution in [0.4, 0.5) is 11.6 Å². The molecule has 0 radical (unpaired) electrons. The highest BCUT2D eigenvalue weighted by atomic mass is 35.5. The van der Waals surface area contributed by atoms with Gasteiger partial charge in [0, 0.05) is 42.8 Å². The van der Waals surface area contributed by atoms with Crippen molar-refractivity contribution in [3.05, 3.63) is 46.7 Å². The number of piperazine rings is 1. The lowest BCUT2D eigenvalue weighted by Crippen LogP contribution is -2.54. The van der Waals surface area contributed by atoms with Crippen molar-refractivity contribution in [1.29, 1.82) is 0 Å². The molecule has 1 saturated heterocycles. The smallest absolute Gasteiger partial charge is 0.239 e. The third-order valence-corrected chi connectivity index (χ3v) is 5.96. The molecule has 2 aliphatic heterocycles. The van der Waals surface area contributed by atoms with E-state index in [1.807, 2.05) is 29.2 Å². The van der Waals surface area contributed by atoms with Crippen LogP contribution >= 0.6 is 36.4 Å². The van der Waals surface area contributed by atoms with Gasteiger partial charge in [-0.1, -0.05) is 23.7 Å². The molecule has 0 aliphatic carbocycles. The third kappa shape index (κ3) is 5.92. The molecular weight excluding hydrogens is 459 g/mol. The Kier molecular flexibility index (Phi) is 9.18. The highest BCUT2D eigenvalue weighted by molar-refractivity contribution is 6.30. The lowest BCUT2D eigenvalue weighted by atomic mass is 10.0. The van der Waals surface area contributed by atoms with Gasteiger partial charge in [-0.25, -0.2) is 9.97 Å². The largest absolute Gasteiger partial charge is 0.367 e. The number of halogens is 3. The molecule has 0 unspecified atom stereocenters. The van der Waals surface area contributed by atoms with Gasteiger partial charge < -0.3 is 20.9 Å². The van der Waals surface area contributed by atoms with Gasteiger partial charge in [0.1, 0.15) is 18.0 Å². The lowest BCUT2D eigenvalue weighted by molar-refractivity contribution is -0.132. The van der Waals surface area contributed by atoms with Crippen molar-refractivity contribution in [2.24, 2.45) is 5.73 Å². The van der Waals surface area contributed by atoms with Gasteiger partial charge in [-0.2, -0.15) is 0 Å². The van der Waals surface area contributed by atoms with Crippen LogP contribution in [0.15, 0.2) is 30.6 Å². The van der Waals surface area contributed by atoms with Gasteiger partial charge >= 0.3 is 0 Å². The number of nitrogens with two attached hydrogens (primary N) is 1. The van der Waals surface area contributed by atoms with Gasteiger partial charge in [0.15, 0.2) is 0 Å². The Hall–Kier alpha value is -1.80. The van der Waals surface area contributed by atoms with E-state index in [2.05, 4.69) is 27.1 Å². The number of rotatable bonds is 4.